The SMILES string of the molecule is FF.O=C(Nc1ccc(N2CCC(c3ccccc3)CC2)nc1)c1nc(-c2ccccc2)oc1F. The fourth-order valence-electron chi connectivity index (χ4n) is 4.15. The molecule has 9 heteroatoms. The van der Waals surface area contributed by atoms with Crippen molar-refractivity contribution >= 4 is 17.4 Å². The minimum atomic E-state index is -1.02. The van der Waals surface area contributed by atoms with Crippen LogP contribution in [0.2, 0.25) is 0 Å². The summed E-state index contributed by atoms with van der Waals surface area (Å²) in [6, 6.07) is 22.1. The maximum Gasteiger partial charge on any atom is 0.311 e. The third-order valence-electron chi connectivity index (χ3n) is 5.92. The molecule has 0 radical (unpaired) electrons. The molecule has 0 bridgehead atoms. The number of nitrogens with one attached hydrogen (secondary N) is 1. The van der Waals surface area contributed by atoms with E-state index in [1.807, 2.05) is 18.2 Å². The number of rotatable bonds is 5. The van der Waals surface area contributed by atoms with Gasteiger partial charge in [-0.3, -0.25) is 4.79 Å². The van der Waals surface area contributed by atoms with Crippen LogP contribution in [0, 0.1) is 6.01 Å². The molecule has 0 unspecified atom stereocenters. The fraction of sp³-hybridized carbons (Fsp3) is 0.192. The first-order chi connectivity index (χ1) is 17.2. The molecule has 1 fully saturated rings. The summed E-state index contributed by atoms with van der Waals surface area (Å²) < 4.78 is 35.2. The van der Waals surface area contributed by atoms with Crippen molar-refractivity contribution in [2.45, 2.75) is 18.8 Å². The second-order valence-electron chi connectivity index (χ2n) is 8.04. The van der Waals surface area contributed by atoms with E-state index in [0.29, 0.717) is 17.2 Å². The number of carbonyl (C=O) groups is 1. The molecule has 1 saturated heterocycles. The van der Waals surface area contributed by atoms with E-state index < -0.39 is 11.9 Å². The predicted octanol–water partition coefficient (Wildman–Crippen LogP) is 6.35. The molecule has 0 atom stereocenters. The standard InChI is InChI=1S/C26H23FN4O2.F2/c27-24-23(30-26(33-24)20-9-5-2-6-10-20)25(32)29-21-11-12-22(28-17-21)31-15-13-19(14-16-31)18-7-3-1-4-8-18;1-2/h1-12,17,19H,13-16H2,(H,29,32);. The first kappa shape index (κ1) is 24.0. The predicted molar refractivity (Wildman–Crippen MR) is 127 cm³/mol. The Morgan fingerprint density at radius 1 is 0.943 bits per heavy atom. The Labute approximate surface area is 200 Å². The molecule has 6 nitrogen and oxygen atoms in total. The van der Waals surface area contributed by atoms with E-state index in [4.69, 9.17) is 13.6 Å². The van der Waals surface area contributed by atoms with Crippen LogP contribution in [-0.2, 0) is 0 Å². The molecule has 180 valence electrons. The summed E-state index contributed by atoms with van der Waals surface area (Å²) in [4.78, 5) is 23.3. The summed E-state index contributed by atoms with van der Waals surface area (Å²) in [5.41, 5.74) is 2.06. The molecule has 1 aliphatic heterocycles. The molecule has 1 amide bonds. The van der Waals surface area contributed by atoms with E-state index in [1.54, 1.807) is 36.5 Å². The number of benzene rings is 2. The molecule has 4 aromatic rings. The average molecular weight is 480 g/mol. The summed E-state index contributed by atoms with van der Waals surface area (Å²) in [6.07, 6.45) is 3.71. The number of halogens is 3. The first-order valence-corrected chi connectivity index (χ1v) is 11.1. The van der Waals surface area contributed by atoms with Gasteiger partial charge in [0.05, 0.1) is 11.9 Å². The summed E-state index contributed by atoms with van der Waals surface area (Å²) in [5, 5.41) is 2.64. The van der Waals surface area contributed by atoms with E-state index in [2.05, 4.69) is 44.5 Å². The number of piperidine rings is 1. The Morgan fingerprint density at radius 3 is 2.23 bits per heavy atom. The van der Waals surface area contributed by atoms with Gasteiger partial charge in [0, 0.05) is 27.8 Å². The Hall–Kier alpha value is -4.14. The van der Waals surface area contributed by atoms with Crippen molar-refractivity contribution in [2.75, 3.05) is 23.3 Å². The summed E-state index contributed by atoms with van der Waals surface area (Å²) in [5.74, 6) is 0.805. The van der Waals surface area contributed by atoms with Gasteiger partial charge in [-0.15, -0.1) is 0 Å². The number of hydrogen-bond acceptors (Lipinski definition) is 5. The van der Waals surface area contributed by atoms with Gasteiger partial charge in [0.25, 0.3) is 5.91 Å². The lowest BCUT2D eigenvalue weighted by Gasteiger charge is -2.33. The van der Waals surface area contributed by atoms with Gasteiger partial charge in [-0.25, -0.2) is 9.97 Å². The zero-order valence-corrected chi connectivity index (χ0v) is 18.7. The number of pyridine rings is 1. The minimum Gasteiger partial charge on any atom is -0.410 e. The molecule has 1 N–H and O–H groups in total. The van der Waals surface area contributed by atoms with Crippen LogP contribution in [0.25, 0.3) is 11.5 Å². The molecular formula is C26H23F3N4O2. The zero-order chi connectivity index (χ0) is 24.6. The molecule has 5 rings (SSSR count). The summed E-state index contributed by atoms with van der Waals surface area (Å²) >= 11 is 0. The highest BCUT2D eigenvalue weighted by molar-refractivity contribution is 6.03. The van der Waals surface area contributed by atoms with Crippen LogP contribution >= 0.6 is 0 Å². The Kier molecular flexibility index (Phi) is 7.77. The van der Waals surface area contributed by atoms with Crippen LogP contribution in [0.15, 0.2) is 83.4 Å². The van der Waals surface area contributed by atoms with Crippen LogP contribution in [-0.4, -0.2) is 29.0 Å². The number of amides is 1. The Morgan fingerprint density at radius 2 is 1.60 bits per heavy atom. The molecule has 3 heterocycles. The van der Waals surface area contributed by atoms with Gasteiger partial charge >= 0.3 is 6.01 Å². The average Bonchev–Trinajstić information content (AvgIpc) is 3.33. The van der Waals surface area contributed by atoms with Crippen molar-refractivity contribution in [2.24, 2.45) is 0 Å². The number of oxazole rings is 1. The highest BCUT2D eigenvalue weighted by Crippen LogP contribution is 2.30. The van der Waals surface area contributed by atoms with E-state index in [-0.39, 0.29) is 11.6 Å². The van der Waals surface area contributed by atoms with Crippen LogP contribution in [0.4, 0.5) is 25.0 Å². The third-order valence-corrected chi connectivity index (χ3v) is 5.92. The van der Waals surface area contributed by atoms with Gasteiger partial charge in [-0.05, 0) is 48.6 Å². The molecule has 2 aromatic heterocycles. The molecule has 0 saturated carbocycles. The Balaban J connectivity index is 0.00000141. The third kappa shape index (κ3) is 5.68. The summed E-state index contributed by atoms with van der Waals surface area (Å²) in [6.45, 7) is 1.84. The number of carbonyl (C=O) groups excluding carboxylic acids is 1. The van der Waals surface area contributed by atoms with Crippen LogP contribution in [0.1, 0.15) is 34.8 Å². The second-order valence-corrected chi connectivity index (χ2v) is 8.04. The number of anilines is 2. The maximum atomic E-state index is 14.2. The van der Waals surface area contributed by atoms with E-state index in [9.17, 15) is 9.18 Å². The molecule has 0 aliphatic carbocycles. The van der Waals surface area contributed by atoms with E-state index in [0.717, 1.165) is 31.7 Å². The Bertz CT molecular complexity index is 1230. The highest BCUT2D eigenvalue weighted by Gasteiger charge is 2.23. The highest BCUT2D eigenvalue weighted by atomic mass is 20.0. The van der Waals surface area contributed by atoms with Crippen molar-refractivity contribution in [1.82, 2.24) is 9.97 Å². The zero-order valence-electron chi connectivity index (χ0n) is 18.7. The van der Waals surface area contributed by atoms with Gasteiger partial charge < -0.3 is 14.6 Å². The van der Waals surface area contributed by atoms with Crippen molar-refractivity contribution < 1.29 is 22.8 Å². The quantitative estimate of drug-likeness (QED) is 0.360. The lowest BCUT2D eigenvalue weighted by molar-refractivity contribution is 0.101. The van der Waals surface area contributed by atoms with Crippen LogP contribution in [0.5, 0.6) is 0 Å². The largest absolute Gasteiger partial charge is 0.410 e. The smallest absolute Gasteiger partial charge is 0.311 e. The second kappa shape index (κ2) is 11.3. The van der Waals surface area contributed by atoms with Gasteiger partial charge in [-0.2, -0.15) is 4.39 Å². The fourth-order valence-corrected chi connectivity index (χ4v) is 4.15. The van der Waals surface area contributed by atoms with Gasteiger partial charge in [0.1, 0.15) is 5.82 Å². The summed E-state index contributed by atoms with van der Waals surface area (Å²) in [7, 11) is 0. The van der Waals surface area contributed by atoms with Gasteiger partial charge in [0.2, 0.25) is 11.6 Å². The molecule has 35 heavy (non-hydrogen) atoms. The van der Waals surface area contributed by atoms with Crippen molar-refractivity contribution in [3.63, 3.8) is 0 Å². The first-order valence-electron chi connectivity index (χ1n) is 11.1. The molecular weight excluding hydrogens is 457 g/mol. The van der Waals surface area contributed by atoms with Gasteiger partial charge in [0.15, 0.2) is 0 Å². The van der Waals surface area contributed by atoms with Crippen LogP contribution in [0.3, 0.4) is 0 Å². The van der Waals surface area contributed by atoms with Crippen molar-refractivity contribution in [3.05, 3.63) is 96.3 Å². The topological polar surface area (TPSA) is 71.3 Å². The minimum absolute atomic E-state index is 0.0608. The van der Waals surface area contributed by atoms with Gasteiger partial charge in [-0.1, -0.05) is 48.5 Å². The van der Waals surface area contributed by atoms with E-state index in [1.165, 1.54) is 5.56 Å². The van der Waals surface area contributed by atoms with Crippen molar-refractivity contribution in [1.29, 1.82) is 0 Å². The lowest BCUT2D eigenvalue weighted by atomic mass is 9.89. The van der Waals surface area contributed by atoms with Crippen molar-refractivity contribution in [3.8, 4) is 11.5 Å². The lowest BCUT2D eigenvalue weighted by Crippen LogP contribution is -2.33. The van der Waals surface area contributed by atoms with Crippen LogP contribution < -0.4 is 10.2 Å². The molecule has 0 spiro atoms. The molecule has 1 aliphatic rings. The monoisotopic (exact) mass is 480 g/mol. The normalized spacial score (nSPS) is 13.6. The number of aromatic nitrogens is 2. The maximum absolute atomic E-state index is 14.2. The molecule has 2 aromatic carbocycles. The number of hydrogen-bond donors (Lipinski definition) is 1. The van der Waals surface area contributed by atoms with E-state index >= 15 is 0 Å². The number of nitrogens with zero attached hydrogens (tertiary/aromatic N) is 3.